The maximum atomic E-state index is 12.5. The minimum Gasteiger partial charge on any atom is -0.454 e. The summed E-state index contributed by atoms with van der Waals surface area (Å²) < 4.78 is 5.55. The molecule has 0 aliphatic rings. The summed E-state index contributed by atoms with van der Waals surface area (Å²) in [6, 6.07) is 9.96. The lowest BCUT2D eigenvalue weighted by Gasteiger charge is -2.21. The van der Waals surface area contributed by atoms with Crippen molar-refractivity contribution in [2.45, 2.75) is 19.9 Å². The smallest absolute Gasteiger partial charge is 0.329 e. The molecule has 1 atom stereocenters. The molecule has 0 saturated carbocycles. The van der Waals surface area contributed by atoms with Gasteiger partial charge in [-0.2, -0.15) is 0 Å². The van der Waals surface area contributed by atoms with Crippen molar-refractivity contribution in [1.82, 2.24) is 16.2 Å². The van der Waals surface area contributed by atoms with E-state index in [1.807, 2.05) is 0 Å². The molecule has 0 aliphatic heterocycles. The Morgan fingerprint density at radius 3 is 2.28 bits per heavy atom. The van der Waals surface area contributed by atoms with Crippen LogP contribution in [0.1, 0.15) is 34.6 Å². The van der Waals surface area contributed by atoms with Crippen LogP contribution >= 0.6 is 39.1 Å². The van der Waals surface area contributed by atoms with Crippen LogP contribution < -0.4 is 16.2 Å². The molecular formula is C21H20BrCl2N3O5. The SMILES string of the molecule is CC(C)[C@@H](NC(=O)c1ccc(Cl)cc1Cl)C(=O)OCC(=O)NNC(=O)c1ccccc1Br. The largest absolute Gasteiger partial charge is 0.454 e. The van der Waals surface area contributed by atoms with Crippen molar-refractivity contribution >= 4 is 62.8 Å². The quantitative estimate of drug-likeness (QED) is 0.364. The monoisotopic (exact) mass is 543 g/mol. The van der Waals surface area contributed by atoms with Gasteiger partial charge in [0, 0.05) is 9.50 Å². The topological polar surface area (TPSA) is 114 Å². The standard InChI is InChI=1S/C21H20BrCl2N3O5/c1-11(2)18(25-19(29)14-8-7-12(23)9-16(14)24)21(31)32-10-17(28)26-27-20(30)13-5-3-4-6-15(13)22/h3-9,11,18H,10H2,1-2H3,(H,25,29)(H,26,28)(H,27,30)/t18-/m1/s1. The summed E-state index contributed by atoms with van der Waals surface area (Å²) in [5, 5.41) is 3.04. The lowest BCUT2D eigenvalue weighted by atomic mass is 10.0. The van der Waals surface area contributed by atoms with Gasteiger partial charge in [-0.25, -0.2) is 4.79 Å². The van der Waals surface area contributed by atoms with Gasteiger partial charge in [0.15, 0.2) is 6.61 Å². The van der Waals surface area contributed by atoms with Crippen molar-refractivity contribution in [1.29, 1.82) is 0 Å². The lowest BCUT2D eigenvalue weighted by Crippen LogP contribution is -2.47. The van der Waals surface area contributed by atoms with E-state index in [-0.39, 0.29) is 16.5 Å². The van der Waals surface area contributed by atoms with Crippen LogP contribution in [0.15, 0.2) is 46.9 Å². The van der Waals surface area contributed by atoms with Gasteiger partial charge in [-0.1, -0.05) is 49.2 Å². The second kappa shape index (κ2) is 11.8. The van der Waals surface area contributed by atoms with Crippen molar-refractivity contribution in [2.24, 2.45) is 5.92 Å². The summed E-state index contributed by atoms with van der Waals surface area (Å²) in [6.07, 6.45) is 0. The number of carbonyl (C=O) groups excluding carboxylic acids is 4. The number of hydrazine groups is 1. The fourth-order valence-electron chi connectivity index (χ4n) is 2.49. The molecule has 3 N–H and O–H groups in total. The number of amides is 3. The predicted molar refractivity (Wildman–Crippen MR) is 123 cm³/mol. The van der Waals surface area contributed by atoms with Crippen LogP contribution in [-0.2, 0) is 14.3 Å². The molecule has 0 bridgehead atoms. The zero-order valence-corrected chi connectivity index (χ0v) is 20.2. The van der Waals surface area contributed by atoms with Gasteiger partial charge in [-0.3, -0.25) is 25.2 Å². The number of nitrogens with one attached hydrogen (secondary N) is 3. The Morgan fingerprint density at radius 1 is 0.969 bits per heavy atom. The minimum atomic E-state index is -1.03. The Kier molecular flexibility index (Phi) is 9.49. The first-order chi connectivity index (χ1) is 15.1. The first-order valence-corrected chi connectivity index (χ1v) is 10.9. The molecule has 0 radical (unpaired) electrons. The second-order valence-electron chi connectivity index (χ2n) is 6.91. The van der Waals surface area contributed by atoms with Crippen molar-refractivity contribution in [2.75, 3.05) is 6.61 Å². The molecule has 32 heavy (non-hydrogen) atoms. The average Bonchev–Trinajstić information content (AvgIpc) is 2.74. The van der Waals surface area contributed by atoms with Crippen LogP contribution in [-0.4, -0.2) is 36.3 Å². The molecule has 2 aromatic carbocycles. The van der Waals surface area contributed by atoms with Crippen LogP contribution in [0.2, 0.25) is 10.0 Å². The van der Waals surface area contributed by atoms with Gasteiger partial charge in [0.05, 0.1) is 16.1 Å². The van der Waals surface area contributed by atoms with Gasteiger partial charge in [0.25, 0.3) is 17.7 Å². The molecule has 0 unspecified atom stereocenters. The highest BCUT2D eigenvalue weighted by atomic mass is 79.9. The Hall–Kier alpha value is -2.62. The Bertz CT molecular complexity index is 1030. The van der Waals surface area contributed by atoms with Crippen molar-refractivity contribution < 1.29 is 23.9 Å². The summed E-state index contributed by atoms with van der Waals surface area (Å²) >= 11 is 15.1. The fourth-order valence-corrected chi connectivity index (χ4v) is 3.45. The third kappa shape index (κ3) is 7.22. The normalized spacial score (nSPS) is 11.4. The third-order valence-corrected chi connectivity index (χ3v) is 5.40. The summed E-state index contributed by atoms with van der Waals surface area (Å²) in [5.74, 6) is -3.05. The van der Waals surface area contributed by atoms with Gasteiger partial charge in [0.2, 0.25) is 0 Å². The Labute approximate surface area is 203 Å². The maximum Gasteiger partial charge on any atom is 0.329 e. The summed E-state index contributed by atoms with van der Waals surface area (Å²) in [6.45, 7) is 2.75. The van der Waals surface area contributed by atoms with Gasteiger partial charge in [0.1, 0.15) is 6.04 Å². The highest BCUT2D eigenvalue weighted by Crippen LogP contribution is 2.21. The summed E-state index contributed by atoms with van der Waals surface area (Å²) in [7, 11) is 0. The van der Waals surface area contributed by atoms with E-state index in [9.17, 15) is 19.2 Å². The Morgan fingerprint density at radius 2 is 1.66 bits per heavy atom. The van der Waals surface area contributed by atoms with Gasteiger partial charge in [-0.15, -0.1) is 0 Å². The van der Waals surface area contributed by atoms with E-state index in [4.69, 9.17) is 27.9 Å². The highest BCUT2D eigenvalue weighted by molar-refractivity contribution is 9.10. The number of esters is 1. The van der Waals surface area contributed by atoms with E-state index in [0.29, 0.717) is 15.1 Å². The Balaban J connectivity index is 1.89. The molecule has 0 saturated heterocycles. The van der Waals surface area contributed by atoms with Crippen LogP contribution in [0.3, 0.4) is 0 Å². The van der Waals surface area contributed by atoms with Crippen molar-refractivity contribution in [3.05, 3.63) is 68.1 Å². The van der Waals surface area contributed by atoms with Crippen molar-refractivity contribution in [3.8, 4) is 0 Å². The molecule has 2 rings (SSSR count). The van der Waals surface area contributed by atoms with Crippen LogP contribution in [0.25, 0.3) is 0 Å². The number of ether oxygens (including phenoxy) is 1. The molecule has 170 valence electrons. The number of benzene rings is 2. The van der Waals surface area contributed by atoms with Crippen LogP contribution in [0.5, 0.6) is 0 Å². The third-order valence-electron chi connectivity index (χ3n) is 4.16. The zero-order valence-electron chi connectivity index (χ0n) is 17.1. The van der Waals surface area contributed by atoms with E-state index in [1.54, 1.807) is 38.1 Å². The van der Waals surface area contributed by atoms with Crippen molar-refractivity contribution in [3.63, 3.8) is 0 Å². The first kappa shape index (κ1) is 25.6. The molecule has 0 aromatic heterocycles. The molecule has 0 heterocycles. The first-order valence-electron chi connectivity index (χ1n) is 9.36. The van der Waals surface area contributed by atoms with E-state index in [1.165, 1.54) is 18.2 Å². The van der Waals surface area contributed by atoms with Gasteiger partial charge >= 0.3 is 5.97 Å². The minimum absolute atomic E-state index is 0.131. The number of hydrogen-bond acceptors (Lipinski definition) is 5. The number of halogens is 3. The molecule has 11 heteroatoms. The molecule has 2 aromatic rings. The molecule has 0 fully saturated rings. The predicted octanol–water partition coefficient (Wildman–Crippen LogP) is 3.51. The highest BCUT2D eigenvalue weighted by Gasteiger charge is 2.27. The number of rotatable bonds is 7. The second-order valence-corrected chi connectivity index (χ2v) is 8.61. The average molecular weight is 545 g/mol. The molecular weight excluding hydrogens is 525 g/mol. The lowest BCUT2D eigenvalue weighted by molar-refractivity contribution is -0.151. The molecule has 3 amide bonds. The summed E-state index contributed by atoms with van der Waals surface area (Å²) in [4.78, 5) is 49.0. The van der Waals surface area contributed by atoms with E-state index >= 15 is 0 Å². The van der Waals surface area contributed by atoms with Crippen LogP contribution in [0, 0.1) is 5.92 Å². The van der Waals surface area contributed by atoms with E-state index in [0.717, 1.165) is 0 Å². The molecule has 8 nitrogen and oxygen atoms in total. The van der Waals surface area contributed by atoms with Crippen LogP contribution in [0.4, 0.5) is 0 Å². The summed E-state index contributed by atoms with van der Waals surface area (Å²) in [5.41, 5.74) is 4.84. The maximum absolute atomic E-state index is 12.5. The van der Waals surface area contributed by atoms with E-state index in [2.05, 4.69) is 32.1 Å². The molecule has 0 aliphatic carbocycles. The zero-order chi connectivity index (χ0) is 23.8. The van der Waals surface area contributed by atoms with Gasteiger partial charge in [-0.05, 0) is 52.2 Å². The number of hydrogen-bond donors (Lipinski definition) is 3. The molecule has 0 spiro atoms. The van der Waals surface area contributed by atoms with Gasteiger partial charge < -0.3 is 10.1 Å². The number of carbonyl (C=O) groups is 4. The van der Waals surface area contributed by atoms with E-state index < -0.39 is 36.3 Å². The fraction of sp³-hybridized carbons (Fsp3) is 0.238.